The molecule has 0 aliphatic heterocycles. The van der Waals surface area contributed by atoms with Crippen LogP contribution in [0.25, 0.3) is 5.52 Å². The maximum absolute atomic E-state index is 4.79. The molecule has 0 atom stereocenters. The van der Waals surface area contributed by atoms with Gasteiger partial charge in [0.1, 0.15) is 5.82 Å². The van der Waals surface area contributed by atoms with Crippen molar-refractivity contribution in [3.63, 3.8) is 0 Å². The van der Waals surface area contributed by atoms with Crippen LogP contribution in [-0.2, 0) is 6.54 Å². The summed E-state index contributed by atoms with van der Waals surface area (Å²) in [6, 6.07) is 6.39. The number of nitrogens with zero attached hydrogens (tertiary/aromatic N) is 2. The minimum atomic E-state index is 0.443. The molecule has 0 spiro atoms. The third-order valence-electron chi connectivity index (χ3n) is 3.02. The first-order chi connectivity index (χ1) is 8.15. The second-order valence-electron chi connectivity index (χ2n) is 4.74. The first kappa shape index (κ1) is 12.1. The fourth-order valence-corrected chi connectivity index (χ4v) is 2.15. The molecule has 0 amide bonds. The van der Waals surface area contributed by atoms with Gasteiger partial charge in [-0.05, 0) is 25.6 Å². The lowest BCUT2D eigenvalue weighted by Gasteiger charge is -2.06. The third-order valence-corrected chi connectivity index (χ3v) is 3.02. The van der Waals surface area contributed by atoms with Crippen molar-refractivity contribution < 1.29 is 0 Å². The highest BCUT2D eigenvalue weighted by atomic mass is 15.1. The van der Waals surface area contributed by atoms with Crippen LogP contribution in [0.5, 0.6) is 0 Å². The molecule has 0 saturated heterocycles. The largest absolute Gasteiger partial charge is 0.311 e. The van der Waals surface area contributed by atoms with Crippen LogP contribution in [0.2, 0.25) is 0 Å². The summed E-state index contributed by atoms with van der Waals surface area (Å²) in [6.07, 6.45) is 0. The topological polar surface area (TPSA) is 29.3 Å². The van der Waals surface area contributed by atoms with E-state index in [0.29, 0.717) is 5.92 Å². The molecule has 92 valence electrons. The van der Waals surface area contributed by atoms with Crippen LogP contribution in [0.1, 0.15) is 43.9 Å². The third kappa shape index (κ3) is 2.20. The molecule has 3 nitrogen and oxygen atoms in total. The molecule has 1 N–H and O–H groups in total. The minimum absolute atomic E-state index is 0.443. The number of hydrogen-bond acceptors (Lipinski definition) is 2. The van der Waals surface area contributed by atoms with E-state index < -0.39 is 0 Å². The Bertz CT molecular complexity index is 511. The van der Waals surface area contributed by atoms with E-state index in [0.717, 1.165) is 24.6 Å². The van der Waals surface area contributed by atoms with Crippen LogP contribution in [-0.4, -0.2) is 15.9 Å². The molecule has 0 bridgehead atoms. The van der Waals surface area contributed by atoms with Gasteiger partial charge in [0, 0.05) is 18.2 Å². The Hall–Kier alpha value is -1.35. The van der Waals surface area contributed by atoms with Gasteiger partial charge in [0.05, 0.1) is 11.2 Å². The van der Waals surface area contributed by atoms with E-state index in [-0.39, 0.29) is 0 Å². The van der Waals surface area contributed by atoms with Gasteiger partial charge in [-0.15, -0.1) is 0 Å². The van der Waals surface area contributed by atoms with Crippen molar-refractivity contribution in [1.29, 1.82) is 0 Å². The van der Waals surface area contributed by atoms with E-state index in [2.05, 4.69) is 55.6 Å². The second kappa shape index (κ2) is 4.88. The van der Waals surface area contributed by atoms with E-state index in [9.17, 15) is 0 Å². The number of pyridine rings is 1. The molecular formula is C14H21N3. The predicted molar refractivity (Wildman–Crippen MR) is 71.4 cm³/mol. The highest BCUT2D eigenvalue weighted by molar-refractivity contribution is 5.54. The Morgan fingerprint density at radius 2 is 2.12 bits per heavy atom. The molecule has 2 aromatic rings. The fraction of sp³-hybridized carbons (Fsp3) is 0.500. The van der Waals surface area contributed by atoms with Gasteiger partial charge in [0.25, 0.3) is 0 Å². The standard InChI is InChI=1S/C14H21N3/c1-5-15-9-12-13-8-6-7-11(4)17(13)14(16-12)10(2)3/h6-8,10,15H,5,9H2,1-4H3. The van der Waals surface area contributed by atoms with Crippen molar-refractivity contribution in [3.8, 4) is 0 Å². The number of hydrogen-bond donors (Lipinski definition) is 1. The normalized spacial score (nSPS) is 11.6. The minimum Gasteiger partial charge on any atom is -0.311 e. The van der Waals surface area contributed by atoms with Crippen molar-refractivity contribution in [2.45, 2.75) is 40.2 Å². The van der Waals surface area contributed by atoms with Crippen molar-refractivity contribution in [2.24, 2.45) is 0 Å². The number of rotatable bonds is 4. The van der Waals surface area contributed by atoms with Gasteiger partial charge in [-0.3, -0.25) is 0 Å². The van der Waals surface area contributed by atoms with Crippen LogP contribution in [0.15, 0.2) is 18.2 Å². The molecule has 2 rings (SSSR count). The van der Waals surface area contributed by atoms with E-state index in [1.807, 2.05) is 0 Å². The number of fused-ring (bicyclic) bond motifs is 1. The summed E-state index contributed by atoms with van der Waals surface area (Å²) in [4.78, 5) is 4.79. The quantitative estimate of drug-likeness (QED) is 0.876. The van der Waals surface area contributed by atoms with E-state index in [4.69, 9.17) is 4.98 Å². The maximum atomic E-state index is 4.79. The van der Waals surface area contributed by atoms with Crippen LogP contribution in [0, 0.1) is 6.92 Å². The molecule has 0 aliphatic carbocycles. The molecule has 0 aromatic carbocycles. The fourth-order valence-electron chi connectivity index (χ4n) is 2.15. The van der Waals surface area contributed by atoms with Gasteiger partial charge in [-0.1, -0.05) is 26.8 Å². The zero-order valence-corrected chi connectivity index (χ0v) is 11.1. The van der Waals surface area contributed by atoms with Gasteiger partial charge in [0.15, 0.2) is 0 Å². The molecule has 17 heavy (non-hydrogen) atoms. The van der Waals surface area contributed by atoms with E-state index >= 15 is 0 Å². The molecule has 0 aliphatic rings. The van der Waals surface area contributed by atoms with E-state index in [1.54, 1.807) is 0 Å². The summed E-state index contributed by atoms with van der Waals surface area (Å²) in [5.41, 5.74) is 3.63. The van der Waals surface area contributed by atoms with Crippen LogP contribution < -0.4 is 5.32 Å². The lowest BCUT2D eigenvalue weighted by molar-refractivity contribution is 0.707. The summed E-state index contributed by atoms with van der Waals surface area (Å²) in [5, 5.41) is 3.35. The zero-order valence-electron chi connectivity index (χ0n) is 11.1. The van der Waals surface area contributed by atoms with Crippen molar-refractivity contribution >= 4 is 5.52 Å². The average molecular weight is 231 g/mol. The second-order valence-corrected chi connectivity index (χ2v) is 4.74. The average Bonchev–Trinajstić information content (AvgIpc) is 2.67. The smallest absolute Gasteiger partial charge is 0.116 e. The Morgan fingerprint density at radius 3 is 2.76 bits per heavy atom. The first-order valence-corrected chi connectivity index (χ1v) is 6.32. The number of aryl methyl sites for hydroxylation is 1. The molecular weight excluding hydrogens is 210 g/mol. The Balaban J connectivity index is 2.58. The van der Waals surface area contributed by atoms with Crippen molar-refractivity contribution in [2.75, 3.05) is 6.54 Å². The molecule has 2 aromatic heterocycles. The summed E-state index contributed by atoms with van der Waals surface area (Å²) in [5.74, 6) is 1.60. The molecule has 0 unspecified atom stereocenters. The van der Waals surface area contributed by atoms with Crippen LogP contribution in [0.3, 0.4) is 0 Å². The Labute approximate surface area is 103 Å². The SMILES string of the molecule is CCNCc1nc(C(C)C)n2c(C)cccc12. The number of imidazole rings is 1. The highest BCUT2D eigenvalue weighted by Crippen LogP contribution is 2.21. The van der Waals surface area contributed by atoms with Crippen molar-refractivity contribution in [3.05, 3.63) is 35.4 Å². The summed E-state index contributed by atoms with van der Waals surface area (Å²) < 4.78 is 2.28. The summed E-state index contributed by atoms with van der Waals surface area (Å²) in [6.45, 7) is 10.5. The van der Waals surface area contributed by atoms with Gasteiger partial charge in [-0.25, -0.2) is 4.98 Å². The first-order valence-electron chi connectivity index (χ1n) is 6.32. The lowest BCUT2D eigenvalue weighted by Crippen LogP contribution is -2.12. The lowest BCUT2D eigenvalue weighted by atomic mass is 10.2. The Morgan fingerprint density at radius 1 is 1.35 bits per heavy atom. The summed E-state index contributed by atoms with van der Waals surface area (Å²) >= 11 is 0. The van der Waals surface area contributed by atoms with Gasteiger partial charge >= 0.3 is 0 Å². The maximum Gasteiger partial charge on any atom is 0.116 e. The molecule has 0 saturated carbocycles. The molecule has 0 fully saturated rings. The number of nitrogens with one attached hydrogen (secondary N) is 1. The van der Waals surface area contributed by atoms with E-state index in [1.165, 1.54) is 11.2 Å². The van der Waals surface area contributed by atoms with Gasteiger partial charge in [0.2, 0.25) is 0 Å². The Kier molecular flexibility index (Phi) is 3.48. The van der Waals surface area contributed by atoms with Crippen LogP contribution in [0.4, 0.5) is 0 Å². The molecule has 3 heteroatoms. The van der Waals surface area contributed by atoms with Gasteiger partial charge in [-0.2, -0.15) is 0 Å². The predicted octanol–water partition coefficient (Wildman–Crippen LogP) is 2.88. The van der Waals surface area contributed by atoms with Gasteiger partial charge < -0.3 is 9.72 Å². The molecule has 2 heterocycles. The van der Waals surface area contributed by atoms with Crippen molar-refractivity contribution in [1.82, 2.24) is 14.7 Å². The summed E-state index contributed by atoms with van der Waals surface area (Å²) in [7, 11) is 0. The monoisotopic (exact) mass is 231 g/mol. The number of aromatic nitrogens is 2. The molecule has 0 radical (unpaired) electrons. The highest BCUT2D eigenvalue weighted by Gasteiger charge is 2.14. The zero-order chi connectivity index (χ0) is 12.4. The van der Waals surface area contributed by atoms with Crippen LogP contribution >= 0.6 is 0 Å².